The Bertz CT molecular complexity index is 961. The smallest absolute Gasteiger partial charge is 0.0915 e. The maximum absolute atomic E-state index is 11.9. The molecule has 37 heavy (non-hydrogen) atoms. The van der Waals surface area contributed by atoms with Crippen LogP contribution in [0, 0.1) is 50.2 Å². The van der Waals surface area contributed by atoms with E-state index in [-0.39, 0.29) is 34.7 Å². The van der Waals surface area contributed by atoms with Crippen LogP contribution in [0.15, 0.2) is 11.6 Å². The Morgan fingerprint density at radius 3 is 2.11 bits per heavy atom. The molecule has 6 heteroatoms. The van der Waals surface area contributed by atoms with Gasteiger partial charge in [-0.15, -0.1) is 0 Å². The topological polar surface area (TPSA) is 121 Å². The van der Waals surface area contributed by atoms with E-state index in [0.29, 0.717) is 25.2 Å². The SMILES string of the molecule is C[C@H](O)[C@@]12C(O)C[C@]3(C)C(=CCC4C5(C)CCC(O)[C@@](C)(CO)C5CC[C@]43C)C1CC(C)(C)[C@@H](O)[C@@H]2O. The summed E-state index contributed by atoms with van der Waals surface area (Å²) in [5.41, 5.74) is -1.49. The standard InChI is InChI=1S/C31H52O6/c1-17(33)31-19(14-26(2,3)24(36)25(31)37)18-8-9-21-27(4)12-11-22(34)28(5,16-32)20(27)10-13-29(21,6)30(18,7)15-23(31)35/h8,17,19-25,32-37H,9-16H2,1-7H3/t17-,19?,20?,21?,22?,23?,24-,25-,27?,28-,29+,30+,31-/m0/s1. The van der Waals surface area contributed by atoms with Gasteiger partial charge in [-0.3, -0.25) is 0 Å². The van der Waals surface area contributed by atoms with E-state index in [0.717, 1.165) is 25.7 Å². The zero-order valence-corrected chi connectivity index (χ0v) is 24.0. The van der Waals surface area contributed by atoms with Gasteiger partial charge in [-0.25, -0.2) is 0 Å². The zero-order chi connectivity index (χ0) is 27.6. The van der Waals surface area contributed by atoms with Gasteiger partial charge in [-0.05, 0) is 91.3 Å². The third-order valence-electron chi connectivity index (χ3n) is 13.9. The Morgan fingerprint density at radius 1 is 0.865 bits per heavy atom. The van der Waals surface area contributed by atoms with E-state index in [1.807, 2.05) is 13.8 Å². The molecule has 0 heterocycles. The van der Waals surface area contributed by atoms with Gasteiger partial charge in [-0.1, -0.05) is 53.2 Å². The fourth-order valence-electron chi connectivity index (χ4n) is 11.4. The van der Waals surface area contributed by atoms with E-state index in [9.17, 15) is 30.6 Å². The van der Waals surface area contributed by atoms with Crippen LogP contribution in [0.5, 0.6) is 0 Å². The number of hydrogen-bond donors (Lipinski definition) is 6. The molecule has 0 radical (unpaired) electrons. The lowest BCUT2D eigenvalue weighted by atomic mass is 9.32. The van der Waals surface area contributed by atoms with Crippen LogP contribution in [0.4, 0.5) is 0 Å². The lowest BCUT2D eigenvalue weighted by Crippen LogP contribution is -2.73. The molecule has 0 amide bonds. The first kappa shape index (κ1) is 28.0. The van der Waals surface area contributed by atoms with Crippen molar-refractivity contribution in [1.29, 1.82) is 0 Å². The monoisotopic (exact) mass is 520 g/mol. The Morgan fingerprint density at radius 2 is 1.51 bits per heavy atom. The number of fused-ring (bicyclic) bond motifs is 7. The summed E-state index contributed by atoms with van der Waals surface area (Å²) in [5.74, 6) is 0.333. The molecule has 13 atom stereocenters. The van der Waals surface area contributed by atoms with E-state index >= 15 is 0 Å². The molecule has 0 aromatic heterocycles. The molecule has 6 unspecified atom stereocenters. The van der Waals surface area contributed by atoms with Crippen LogP contribution >= 0.6 is 0 Å². The van der Waals surface area contributed by atoms with Crippen molar-refractivity contribution in [3.63, 3.8) is 0 Å². The number of aliphatic hydroxyl groups excluding tert-OH is 6. The molecule has 0 aromatic rings. The Labute approximate surface area is 223 Å². The van der Waals surface area contributed by atoms with Gasteiger partial charge in [0.1, 0.15) is 0 Å². The number of rotatable bonds is 2. The summed E-state index contributed by atoms with van der Waals surface area (Å²) in [7, 11) is 0. The molecule has 5 aliphatic rings. The minimum atomic E-state index is -1.22. The van der Waals surface area contributed by atoms with Crippen molar-refractivity contribution >= 4 is 0 Å². The molecule has 212 valence electrons. The van der Waals surface area contributed by atoms with Crippen molar-refractivity contribution in [2.45, 2.75) is 124 Å². The molecule has 0 saturated heterocycles. The molecule has 5 rings (SSSR count). The molecule has 0 spiro atoms. The van der Waals surface area contributed by atoms with E-state index in [1.165, 1.54) is 5.57 Å². The lowest BCUT2D eigenvalue weighted by molar-refractivity contribution is -0.272. The molecule has 0 bridgehead atoms. The normalized spacial score (nSPS) is 57.8. The van der Waals surface area contributed by atoms with Gasteiger partial charge in [-0.2, -0.15) is 0 Å². The molecule has 4 fully saturated rings. The van der Waals surface area contributed by atoms with Crippen LogP contribution in [0.25, 0.3) is 0 Å². The minimum Gasteiger partial charge on any atom is -0.396 e. The summed E-state index contributed by atoms with van der Waals surface area (Å²) < 4.78 is 0. The van der Waals surface area contributed by atoms with Crippen molar-refractivity contribution in [3.8, 4) is 0 Å². The third kappa shape index (κ3) is 3.15. The summed E-state index contributed by atoms with van der Waals surface area (Å²) >= 11 is 0. The van der Waals surface area contributed by atoms with Crippen LogP contribution in [0.1, 0.15) is 93.4 Å². The summed E-state index contributed by atoms with van der Waals surface area (Å²) in [6.07, 6.45) is 3.14. The average Bonchev–Trinajstić information content (AvgIpc) is 2.80. The van der Waals surface area contributed by atoms with E-state index in [1.54, 1.807) is 6.92 Å². The first-order chi connectivity index (χ1) is 17.0. The van der Waals surface area contributed by atoms with Crippen molar-refractivity contribution < 1.29 is 30.6 Å². The van der Waals surface area contributed by atoms with E-state index in [4.69, 9.17) is 0 Å². The van der Waals surface area contributed by atoms with Crippen molar-refractivity contribution in [2.75, 3.05) is 6.61 Å². The second kappa shape index (κ2) is 8.27. The van der Waals surface area contributed by atoms with Gasteiger partial charge in [0.25, 0.3) is 0 Å². The minimum absolute atomic E-state index is 0.0107. The first-order valence-corrected chi connectivity index (χ1v) is 14.7. The second-order valence-electron chi connectivity index (χ2n) is 15.5. The van der Waals surface area contributed by atoms with Crippen molar-refractivity contribution in [3.05, 3.63) is 11.6 Å². The number of allylic oxidation sites excluding steroid dienone is 2. The van der Waals surface area contributed by atoms with Gasteiger partial charge < -0.3 is 30.6 Å². The summed E-state index contributed by atoms with van der Waals surface area (Å²) in [6, 6.07) is 0. The van der Waals surface area contributed by atoms with Crippen LogP contribution in [0.2, 0.25) is 0 Å². The molecular formula is C31H52O6. The van der Waals surface area contributed by atoms with Gasteiger partial charge in [0.05, 0.1) is 42.5 Å². The molecule has 6 nitrogen and oxygen atoms in total. The van der Waals surface area contributed by atoms with Crippen molar-refractivity contribution in [1.82, 2.24) is 0 Å². The third-order valence-corrected chi connectivity index (χ3v) is 13.9. The maximum Gasteiger partial charge on any atom is 0.0915 e. The molecule has 0 aliphatic heterocycles. The summed E-state index contributed by atoms with van der Waals surface area (Å²) in [6.45, 7) is 14.8. The number of hydrogen-bond acceptors (Lipinski definition) is 6. The van der Waals surface area contributed by atoms with E-state index in [2.05, 4.69) is 33.8 Å². The maximum atomic E-state index is 11.9. The molecule has 0 aromatic carbocycles. The summed E-state index contributed by atoms with van der Waals surface area (Å²) in [4.78, 5) is 0. The van der Waals surface area contributed by atoms with Crippen LogP contribution < -0.4 is 0 Å². The van der Waals surface area contributed by atoms with Gasteiger partial charge >= 0.3 is 0 Å². The van der Waals surface area contributed by atoms with Gasteiger partial charge in [0, 0.05) is 5.41 Å². The van der Waals surface area contributed by atoms with Crippen molar-refractivity contribution in [2.24, 2.45) is 50.2 Å². The Balaban J connectivity index is 1.64. The summed E-state index contributed by atoms with van der Waals surface area (Å²) in [5, 5.41) is 67.1. The van der Waals surface area contributed by atoms with E-state index < -0.39 is 46.8 Å². The quantitative estimate of drug-likeness (QED) is 0.310. The predicted octanol–water partition coefficient (Wildman–Crippen LogP) is 3.41. The fourth-order valence-corrected chi connectivity index (χ4v) is 11.4. The lowest BCUT2D eigenvalue weighted by Gasteiger charge is -2.73. The molecule has 4 saturated carbocycles. The van der Waals surface area contributed by atoms with Gasteiger partial charge in [0.15, 0.2) is 0 Å². The van der Waals surface area contributed by atoms with Crippen LogP contribution in [0.3, 0.4) is 0 Å². The first-order valence-electron chi connectivity index (χ1n) is 14.7. The molecular weight excluding hydrogens is 468 g/mol. The highest BCUT2D eigenvalue weighted by Gasteiger charge is 2.73. The second-order valence-corrected chi connectivity index (χ2v) is 15.5. The highest BCUT2D eigenvalue weighted by Crippen LogP contribution is 2.76. The average molecular weight is 521 g/mol. The predicted molar refractivity (Wildman–Crippen MR) is 142 cm³/mol. The fraction of sp³-hybridized carbons (Fsp3) is 0.935. The Kier molecular flexibility index (Phi) is 6.26. The molecule has 5 aliphatic carbocycles. The highest BCUT2D eigenvalue weighted by atomic mass is 16.3. The van der Waals surface area contributed by atoms with Crippen LogP contribution in [-0.2, 0) is 0 Å². The Hall–Kier alpha value is -0.500. The van der Waals surface area contributed by atoms with Crippen LogP contribution in [-0.4, -0.2) is 67.8 Å². The van der Waals surface area contributed by atoms with Gasteiger partial charge in [0.2, 0.25) is 0 Å². The molecule has 6 N–H and O–H groups in total. The largest absolute Gasteiger partial charge is 0.396 e. The zero-order valence-electron chi connectivity index (χ0n) is 24.0. The number of aliphatic hydroxyl groups is 6. The highest BCUT2D eigenvalue weighted by molar-refractivity contribution is 5.37.